The van der Waals surface area contributed by atoms with Crippen LogP contribution in [0.5, 0.6) is 0 Å². The van der Waals surface area contributed by atoms with Crippen LogP contribution in [0.2, 0.25) is 0 Å². The molecule has 11 heterocycles. The molecule has 2 atom stereocenters. The summed E-state index contributed by atoms with van der Waals surface area (Å²) in [5.41, 5.74) is 17.3. The van der Waals surface area contributed by atoms with Crippen LogP contribution in [0.25, 0.3) is 125 Å². The molecule has 19 heteroatoms. The Bertz CT molecular complexity index is 5690. The molecular formula is C108H134N8O2S9. The zero-order chi connectivity index (χ0) is 88.7. The molecule has 127 heavy (non-hydrogen) atoms. The van der Waals surface area contributed by atoms with Gasteiger partial charge >= 0.3 is 0 Å². The van der Waals surface area contributed by atoms with Crippen molar-refractivity contribution in [3.8, 4) is 31.6 Å². The number of aryl methyl sites for hydroxylation is 4. The highest BCUT2D eigenvalue weighted by Gasteiger charge is 2.38. The largest absolute Gasteiger partial charge is 0.337 e. The number of thiophene rings is 8. The van der Waals surface area contributed by atoms with Crippen LogP contribution in [-0.4, -0.2) is 29.4 Å². The van der Waals surface area contributed by atoms with Gasteiger partial charge in [-0.25, -0.2) is 20.2 Å². The molecule has 2 unspecified atom stereocenters. The molecule has 10 nitrogen and oxygen atoms in total. The van der Waals surface area contributed by atoms with Crippen molar-refractivity contribution in [3.05, 3.63) is 133 Å². The van der Waals surface area contributed by atoms with Crippen LogP contribution in [0.1, 0.15) is 402 Å². The summed E-state index contributed by atoms with van der Waals surface area (Å²) in [5.74, 6) is 0.673. The minimum atomic E-state index is -0.0978. The van der Waals surface area contributed by atoms with Gasteiger partial charge in [0.05, 0.1) is 87.3 Å². The Morgan fingerprint density at radius 1 is 0.394 bits per heavy atom. The minimum absolute atomic E-state index is 0.0248. The lowest BCUT2D eigenvalue weighted by Gasteiger charge is -2.20. The number of Topliss-reactive ketones (excluding diaryl/α,β-unsaturated/α-hetero) is 2. The minimum Gasteiger partial charge on any atom is -0.337 e. The van der Waals surface area contributed by atoms with Gasteiger partial charge in [0.15, 0.2) is 11.6 Å². The molecule has 0 amide bonds. The quantitative estimate of drug-likeness (QED) is 0.0162. The summed E-state index contributed by atoms with van der Waals surface area (Å²) in [5, 5.41) is 31.3. The SMILES string of the molecule is [C-]#[N+]/C(C#N)=C1/C(=C/c2sc(-c3sc4c(sc5c6c7nsnc7c7c8sc9c(CCCCCCCCCCC)c(-c%10cc(CCCCCCCCCCC)c(/C=C%11\C(=O)c%12cscc%12\C%11=C(/C#N)[N+]#[C-])s%10)sc9c8n(CC(CC)CCCC)c7c6n(CC(CC)CCCC)c45)c3CCCCCCCCCCC)cc2CCCCCCCCCCC)C(=O)c2cscc21. The van der Waals surface area contributed by atoms with E-state index >= 15 is 0 Å². The van der Waals surface area contributed by atoms with Crippen molar-refractivity contribution in [2.45, 2.75) is 377 Å². The number of rotatable bonds is 56. The molecule has 672 valence electrons. The molecule has 14 rings (SSSR count). The van der Waals surface area contributed by atoms with Gasteiger partial charge in [-0.05, 0) is 144 Å². The standard InChI is InChI=1S/C108H134N8O2S9/c1-11-19-25-29-33-37-41-45-49-55-73-59-87(121-85(73)61-77-89(83(63-109)111-9)79-67-119-69-81(79)99(77)117)101-75(57-51-47-43-39-35-31-27-21-13-3)103-107(123-101)97-105(125-103)91-93-94(114-127-113-93)92-96(95(91)115(97)65-71(17-7)53-23-15-5)116(66-72(18-8)54-24-16-6)98-106(92)126-104-76(58-52-48-44-40-36-32-28-22-14-4)102(124-108(98)104)88-60-74(56-50-46-42-38-34-30-26-20-12-2)86(122-88)62-78-90(84(64-110)112-10)80-68-120-70-82(80)100(78)118/h59-62,67-72H,11-58,65-66H2,1-8H3/b77-61-,78-62-,89-83-,90-84+. The molecule has 0 fully saturated rings. The number of nitrogens with zero attached hydrogens (tertiary/aromatic N) is 8. The maximum atomic E-state index is 14.8. The third-order valence-corrected chi connectivity index (χ3v) is 37.4. The lowest BCUT2D eigenvalue weighted by Crippen LogP contribution is -2.13. The number of carbonyl (C=O) groups excluding carboxylic acids is 2. The van der Waals surface area contributed by atoms with Crippen molar-refractivity contribution in [1.82, 2.24) is 17.9 Å². The molecule has 0 saturated carbocycles. The van der Waals surface area contributed by atoms with Crippen LogP contribution >= 0.6 is 102 Å². The molecule has 11 aromatic heterocycles. The summed E-state index contributed by atoms with van der Waals surface area (Å²) in [6, 6.07) is 9.42. The second-order valence-electron chi connectivity index (χ2n) is 36.5. The van der Waals surface area contributed by atoms with E-state index in [1.807, 2.05) is 89.5 Å². The number of nitriles is 2. The van der Waals surface area contributed by atoms with E-state index in [9.17, 15) is 20.1 Å². The molecule has 0 N–H and O–H groups in total. The van der Waals surface area contributed by atoms with Crippen molar-refractivity contribution in [1.29, 1.82) is 10.5 Å². The summed E-state index contributed by atoms with van der Waals surface area (Å²) in [6.07, 6.45) is 61.9. The summed E-state index contributed by atoms with van der Waals surface area (Å²) in [7, 11) is 0. The molecule has 0 spiro atoms. The van der Waals surface area contributed by atoms with E-state index in [0.717, 1.165) is 137 Å². The van der Waals surface area contributed by atoms with E-state index in [0.29, 0.717) is 56.4 Å². The van der Waals surface area contributed by atoms with Crippen molar-refractivity contribution in [2.24, 2.45) is 11.8 Å². The lowest BCUT2D eigenvalue weighted by molar-refractivity contribution is 0.103. The molecule has 2 aliphatic carbocycles. The first kappa shape index (κ1) is 96.1. The summed E-state index contributed by atoms with van der Waals surface area (Å²) in [4.78, 5) is 44.4. The Labute approximate surface area is 793 Å². The van der Waals surface area contributed by atoms with Gasteiger partial charge in [-0.1, -0.05) is 299 Å². The fourth-order valence-corrected chi connectivity index (χ4v) is 31.0. The van der Waals surface area contributed by atoms with Crippen LogP contribution in [-0.2, 0) is 38.8 Å². The molecule has 0 bridgehead atoms. The zero-order valence-electron chi connectivity index (χ0n) is 77.2. The number of fused-ring (bicyclic) bond motifs is 16. The Morgan fingerprint density at radius 3 is 1.04 bits per heavy atom. The average Bonchev–Trinajstić information content (AvgIpc) is 1.50. The first-order chi connectivity index (χ1) is 62.5. The van der Waals surface area contributed by atoms with Crippen molar-refractivity contribution in [3.63, 3.8) is 0 Å². The third kappa shape index (κ3) is 21.5. The number of benzene rings is 1. The molecule has 12 aromatic rings. The normalized spacial score (nSPS) is 14.9. The smallest absolute Gasteiger partial charge is 0.270 e. The molecule has 0 aliphatic heterocycles. The maximum Gasteiger partial charge on any atom is 0.270 e. The van der Waals surface area contributed by atoms with E-state index in [1.54, 1.807) is 0 Å². The predicted molar refractivity (Wildman–Crippen MR) is 558 cm³/mol. The fraction of sp³-hybridized carbons (Fsp3) is 0.556. The van der Waals surface area contributed by atoms with Gasteiger partial charge in [0.2, 0.25) is 0 Å². The molecule has 2 aliphatic rings. The topological polar surface area (TPSA) is 126 Å². The summed E-state index contributed by atoms with van der Waals surface area (Å²) < 4.78 is 25.1. The number of hydrogen-bond donors (Lipinski definition) is 0. The summed E-state index contributed by atoms with van der Waals surface area (Å²) in [6.45, 7) is 37.0. The number of hydrogen-bond acceptors (Lipinski definition) is 15. The Kier molecular flexibility index (Phi) is 36.2. The maximum absolute atomic E-state index is 14.8. The van der Waals surface area contributed by atoms with E-state index in [-0.39, 0.29) is 23.0 Å². The van der Waals surface area contributed by atoms with Gasteiger partial charge in [-0.15, -0.1) is 68.0 Å². The Morgan fingerprint density at radius 2 is 0.717 bits per heavy atom. The van der Waals surface area contributed by atoms with Crippen LogP contribution in [0, 0.1) is 47.6 Å². The summed E-state index contributed by atoms with van der Waals surface area (Å²) >= 11 is 16.0. The van der Waals surface area contributed by atoms with E-state index in [1.165, 1.54) is 343 Å². The van der Waals surface area contributed by atoms with E-state index in [4.69, 9.17) is 21.9 Å². The van der Waals surface area contributed by atoms with Crippen LogP contribution in [0.15, 0.2) is 56.2 Å². The van der Waals surface area contributed by atoms with Crippen molar-refractivity contribution in [2.75, 3.05) is 0 Å². The zero-order valence-corrected chi connectivity index (χ0v) is 84.5. The fourth-order valence-electron chi connectivity index (χ4n) is 20.2. The van der Waals surface area contributed by atoms with Crippen LogP contribution in [0.4, 0.5) is 0 Å². The third-order valence-electron chi connectivity index (χ3n) is 27.5. The Balaban J connectivity index is 0.987. The van der Waals surface area contributed by atoms with Crippen LogP contribution in [0.3, 0.4) is 0 Å². The van der Waals surface area contributed by atoms with Crippen molar-refractivity contribution >= 4 is 209 Å². The number of aromatic nitrogens is 4. The van der Waals surface area contributed by atoms with E-state index < -0.39 is 0 Å². The van der Waals surface area contributed by atoms with Gasteiger partial charge in [0.1, 0.15) is 11.0 Å². The van der Waals surface area contributed by atoms with E-state index in [2.05, 4.69) is 111 Å². The second-order valence-corrected chi connectivity index (χ2v) is 44.8. The monoisotopic (exact) mass is 1860 g/mol. The predicted octanol–water partition coefficient (Wildman–Crippen LogP) is 37.6. The molecule has 1 aromatic carbocycles. The number of carbonyl (C=O) groups is 2. The molecule has 0 saturated heterocycles. The number of ketones is 2. The van der Waals surface area contributed by atoms with Gasteiger partial charge in [-0.3, -0.25) is 9.59 Å². The van der Waals surface area contributed by atoms with Crippen LogP contribution < -0.4 is 0 Å². The van der Waals surface area contributed by atoms with Gasteiger partial charge in [0.25, 0.3) is 11.4 Å². The number of unbranched alkanes of at least 4 members (excludes halogenated alkanes) is 34. The highest BCUT2D eigenvalue weighted by atomic mass is 32.1. The number of allylic oxidation sites excluding steroid dienone is 6. The van der Waals surface area contributed by atoms with Gasteiger partial charge in [0, 0.05) is 97.3 Å². The molecular weight excluding hydrogens is 1730 g/mol. The highest BCUT2D eigenvalue weighted by molar-refractivity contribution is 7.37. The second kappa shape index (κ2) is 47.9. The van der Waals surface area contributed by atoms with Gasteiger partial charge in [-0.2, -0.15) is 31.4 Å². The first-order valence-corrected chi connectivity index (χ1v) is 57.0. The average molecular weight is 1860 g/mol. The molecule has 0 radical (unpaired) electrons. The lowest BCUT2D eigenvalue weighted by atomic mass is 9.99. The van der Waals surface area contributed by atoms with Crippen molar-refractivity contribution < 1.29 is 9.59 Å². The first-order valence-electron chi connectivity index (χ1n) is 49.5. The highest BCUT2D eigenvalue weighted by Crippen LogP contribution is 2.59. The Hall–Kier alpha value is -6.98. The van der Waals surface area contributed by atoms with Gasteiger partial charge < -0.3 is 9.13 Å².